The molecule has 0 radical (unpaired) electrons. The lowest BCUT2D eigenvalue weighted by Crippen LogP contribution is -2.15. The Hall–Kier alpha value is -1.75. The van der Waals surface area contributed by atoms with Crippen LogP contribution in [0.3, 0.4) is 0 Å². The predicted octanol–water partition coefficient (Wildman–Crippen LogP) is 2.40. The van der Waals surface area contributed by atoms with Crippen molar-refractivity contribution in [3.63, 3.8) is 0 Å². The number of hydrogen-bond acceptors (Lipinski definition) is 3. The molecule has 0 fully saturated rings. The number of alkyl halides is 5. The first kappa shape index (κ1) is 13.3. The van der Waals surface area contributed by atoms with Crippen LogP contribution in [0.25, 0.3) is 0 Å². The van der Waals surface area contributed by atoms with Crippen LogP contribution in [0.5, 0.6) is 0 Å². The lowest BCUT2D eigenvalue weighted by molar-refractivity contribution is -0.139. The number of aromatic nitrogens is 1. The van der Waals surface area contributed by atoms with Crippen molar-refractivity contribution in [2.75, 3.05) is 0 Å². The van der Waals surface area contributed by atoms with E-state index in [0.29, 0.717) is 6.07 Å². The third kappa shape index (κ3) is 2.68. The van der Waals surface area contributed by atoms with E-state index in [0.717, 1.165) is 0 Å². The van der Waals surface area contributed by atoms with Gasteiger partial charge in [0.05, 0.1) is 29.5 Å². The molecule has 0 aromatic carbocycles. The highest BCUT2D eigenvalue weighted by Gasteiger charge is 2.38. The summed E-state index contributed by atoms with van der Waals surface area (Å²) in [4.78, 5) is 2.99. The third-order valence-corrected chi connectivity index (χ3v) is 1.89. The summed E-state index contributed by atoms with van der Waals surface area (Å²) in [7, 11) is 0. The number of nitrogens with zero attached hydrogens (tertiary/aromatic N) is 2. The van der Waals surface area contributed by atoms with Crippen molar-refractivity contribution in [1.82, 2.24) is 4.98 Å². The number of nitriles is 1. The molecule has 0 spiro atoms. The first-order valence-electron chi connectivity index (χ1n) is 4.21. The Morgan fingerprint density at radius 2 is 2.00 bits per heavy atom. The number of pyridine rings is 1. The summed E-state index contributed by atoms with van der Waals surface area (Å²) in [5.74, 6) is 0. The molecule has 0 amide bonds. The molecular formula is C9H5F5N2O. The first-order valence-corrected chi connectivity index (χ1v) is 4.21. The van der Waals surface area contributed by atoms with Gasteiger partial charge in [-0.3, -0.25) is 0 Å². The second kappa shape index (κ2) is 4.63. The summed E-state index contributed by atoms with van der Waals surface area (Å²) in [6.45, 7) is -1.18. The van der Waals surface area contributed by atoms with Crippen LogP contribution < -0.4 is 0 Å². The Kier molecular flexibility index (Phi) is 3.63. The van der Waals surface area contributed by atoms with Crippen molar-refractivity contribution in [3.8, 4) is 6.07 Å². The molecule has 1 aromatic rings. The van der Waals surface area contributed by atoms with Crippen LogP contribution in [0.2, 0.25) is 0 Å². The molecule has 0 aliphatic heterocycles. The lowest BCUT2D eigenvalue weighted by atomic mass is 10.1. The minimum Gasteiger partial charge on any atom is -0.390 e. The first-order chi connectivity index (χ1) is 7.81. The van der Waals surface area contributed by atoms with E-state index in [1.807, 2.05) is 0 Å². The van der Waals surface area contributed by atoms with E-state index in [-0.39, 0.29) is 0 Å². The Balaban J connectivity index is 3.55. The Morgan fingerprint density at radius 3 is 2.35 bits per heavy atom. The number of aliphatic hydroxyl groups is 1. The SMILES string of the molecule is N#Cc1cc(C(F)F)nc(CO)c1C(F)(F)F. The molecule has 1 heterocycles. The minimum atomic E-state index is -4.93. The Labute approximate surface area is 92.1 Å². The van der Waals surface area contributed by atoms with Crippen molar-refractivity contribution >= 4 is 0 Å². The molecule has 0 aliphatic carbocycles. The van der Waals surface area contributed by atoms with E-state index < -0.39 is 41.7 Å². The molecule has 0 aliphatic rings. The van der Waals surface area contributed by atoms with Gasteiger partial charge < -0.3 is 5.11 Å². The zero-order valence-corrected chi connectivity index (χ0v) is 8.09. The van der Waals surface area contributed by atoms with Crippen LogP contribution in [-0.2, 0) is 12.8 Å². The topological polar surface area (TPSA) is 56.9 Å². The van der Waals surface area contributed by atoms with Crippen LogP contribution in [0.4, 0.5) is 22.0 Å². The average Bonchev–Trinajstić information content (AvgIpc) is 2.25. The van der Waals surface area contributed by atoms with Crippen molar-refractivity contribution in [2.45, 2.75) is 19.2 Å². The molecule has 0 atom stereocenters. The largest absolute Gasteiger partial charge is 0.419 e. The molecule has 17 heavy (non-hydrogen) atoms. The second-order valence-electron chi connectivity index (χ2n) is 2.98. The third-order valence-electron chi connectivity index (χ3n) is 1.89. The van der Waals surface area contributed by atoms with Gasteiger partial charge in [0.25, 0.3) is 6.43 Å². The van der Waals surface area contributed by atoms with Crippen LogP contribution in [0.15, 0.2) is 6.07 Å². The van der Waals surface area contributed by atoms with Gasteiger partial charge >= 0.3 is 6.18 Å². The van der Waals surface area contributed by atoms with Gasteiger partial charge in [-0.25, -0.2) is 13.8 Å². The Morgan fingerprint density at radius 1 is 1.41 bits per heavy atom. The highest BCUT2D eigenvalue weighted by Crippen LogP contribution is 2.35. The molecule has 0 saturated heterocycles. The van der Waals surface area contributed by atoms with Gasteiger partial charge in [-0.2, -0.15) is 18.4 Å². The molecular weight excluding hydrogens is 247 g/mol. The zero-order valence-electron chi connectivity index (χ0n) is 8.09. The molecule has 1 rings (SSSR count). The maximum absolute atomic E-state index is 12.5. The van der Waals surface area contributed by atoms with Crippen LogP contribution in [0, 0.1) is 11.3 Å². The van der Waals surface area contributed by atoms with E-state index in [4.69, 9.17) is 10.4 Å². The van der Waals surface area contributed by atoms with Crippen LogP contribution in [-0.4, -0.2) is 10.1 Å². The minimum absolute atomic E-state index is 0.368. The summed E-state index contributed by atoms with van der Waals surface area (Å²) in [6, 6.07) is 1.54. The molecule has 92 valence electrons. The highest BCUT2D eigenvalue weighted by atomic mass is 19.4. The number of halogens is 5. The maximum atomic E-state index is 12.5. The van der Waals surface area contributed by atoms with Gasteiger partial charge in [0.15, 0.2) is 0 Å². The average molecular weight is 252 g/mol. The molecule has 0 saturated carbocycles. The quantitative estimate of drug-likeness (QED) is 0.822. The molecule has 0 unspecified atom stereocenters. The van der Waals surface area contributed by atoms with Crippen molar-refractivity contribution in [1.29, 1.82) is 5.26 Å². The molecule has 1 aromatic heterocycles. The van der Waals surface area contributed by atoms with Crippen LogP contribution in [0.1, 0.15) is 28.9 Å². The second-order valence-corrected chi connectivity index (χ2v) is 2.98. The van der Waals surface area contributed by atoms with Gasteiger partial charge in [-0.1, -0.05) is 0 Å². The number of hydrogen-bond donors (Lipinski definition) is 1. The summed E-state index contributed by atoms with van der Waals surface area (Å²) in [5.41, 5.74) is -4.41. The van der Waals surface area contributed by atoms with Gasteiger partial charge in [0.1, 0.15) is 5.69 Å². The van der Waals surface area contributed by atoms with Crippen molar-refractivity contribution in [3.05, 3.63) is 28.6 Å². The summed E-state index contributed by atoms with van der Waals surface area (Å²) < 4.78 is 62.2. The number of aliphatic hydroxyl groups excluding tert-OH is 1. The smallest absolute Gasteiger partial charge is 0.390 e. The zero-order chi connectivity index (χ0) is 13.2. The normalized spacial score (nSPS) is 11.6. The van der Waals surface area contributed by atoms with Crippen molar-refractivity contribution < 1.29 is 27.1 Å². The van der Waals surface area contributed by atoms with E-state index in [9.17, 15) is 22.0 Å². The standard InChI is InChI=1S/C9H5F5N2O/c10-8(11)5-1-4(2-15)7(9(12,13)14)6(3-17)16-5/h1,8,17H,3H2. The van der Waals surface area contributed by atoms with Gasteiger partial charge in [-0.05, 0) is 6.07 Å². The molecule has 1 N–H and O–H groups in total. The Bertz CT molecular complexity index is 464. The fourth-order valence-electron chi connectivity index (χ4n) is 1.25. The summed E-state index contributed by atoms with van der Waals surface area (Å²) >= 11 is 0. The van der Waals surface area contributed by atoms with E-state index >= 15 is 0 Å². The van der Waals surface area contributed by atoms with E-state index in [1.165, 1.54) is 6.07 Å². The van der Waals surface area contributed by atoms with Crippen LogP contribution >= 0.6 is 0 Å². The summed E-state index contributed by atoms with van der Waals surface area (Å²) in [6.07, 6.45) is -8.05. The van der Waals surface area contributed by atoms with Gasteiger partial charge in [0, 0.05) is 0 Å². The fraction of sp³-hybridized carbons (Fsp3) is 0.333. The van der Waals surface area contributed by atoms with Gasteiger partial charge in [0.2, 0.25) is 0 Å². The summed E-state index contributed by atoms with van der Waals surface area (Å²) in [5, 5.41) is 17.2. The molecule has 3 nitrogen and oxygen atoms in total. The number of rotatable bonds is 2. The highest BCUT2D eigenvalue weighted by molar-refractivity contribution is 5.43. The van der Waals surface area contributed by atoms with Crippen molar-refractivity contribution in [2.24, 2.45) is 0 Å². The van der Waals surface area contributed by atoms with E-state index in [1.54, 1.807) is 0 Å². The maximum Gasteiger partial charge on any atom is 0.419 e. The fourth-order valence-corrected chi connectivity index (χ4v) is 1.25. The van der Waals surface area contributed by atoms with Gasteiger partial charge in [-0.15, -0.1) is 0 Å². The molecule has 0 bridgehead atoms. The molecule has 8 heteroatoms. The lowest BCUT2D eigenvalue weighted by Gasteiger charge is -2.13. The monoisotopic (exact) mass is 252 g/mol. The van der Waals surface area contributed by atoms with E-state index in [2.05, 4.69) is 4.98 Å². The predicted molar refractivity (Wildman–Crippen MR) is 44.8 cm³/mol.